The molecule has 1 amide bonds. The second-order valence-corrected chi connectivity index (χ2v) is 10.2. The zero-order valence-electron chi connectivity index (χ0n) is 19.3. The lowest BCUT2D eigenvalue weighted by molar-refractivity contribution is -0.128. The van der Waals surface area contributed by atoms with Crippen LogP contribution in [0.25, 0.3) is 16.7 Å². The number of amides is 1. The summed E-state index contributed by atoms with van der Waals surface area (Å²) in [7, 11) is 0. The molecule has 3 aromatic rings. The number of benzene rings is 1. The first-order valence-electron chi connectivity index (χ1n) is 12.5. The van der Waals surface area contributed by atoms with Gasteiger partial charge in [-0.15, -0.1) is 0 Å². The molecule has 1 aromatic carbocycles. The topological polar surface area (TPSA) is 84.7 Å². The number of aryl methyl sites for hydroxylation is 1. The lowest BCUT2D eigenvalue weighted by Gasteiger charge is -2.32. The second kappa shape index (κ2) is 8.43. The fourth-order valence-electron chi connectivity index (χ4n) is 5.00. The Bertz CT molecular complexity index is 1150. The van der Waals surface area contributed by atoms with Crippen LogP contribution < -0.4 is 10.6 Å². The van der Waals surface area contributed by atoms with Crippen LogP contribution in [0, 0.1) is 12.8 Å². The summed E-state index contributed by atoms with van der Waals surface area (Å²) in [5.41, 5.74) is 3.12. The van der Waals surface area contributed by atoms with Crippen LogP contribution in [0.15, 0.2) is 30.5 Å². The molecule has 0 bridgehead atoms. The van der Waals surface area contributed by atoms with Gasteiger partial charge in [0.2, 0.25) is 5.91 Å². The Kier molecular flexibility index (Phi) is 5.27. The molecular weight excluding hydrogens is 412 g/mol. The first-order chi connectivity index (χ1) is 16.1. The van der Waals surface area contributed by atoms with Crippen molar-refractivity contribution in [2.24, 2.45) is 5.92 Å². The summed E-state index contributed by atoms with van der Waals surface area (Å²) < 4.78 is 1.93. The highest BCUT2D eigenvalue weighted by molar-refractivity contribution is 5.87. The van der Waals surface area contributed by atoms with Crippen molar-refractivity contribution in [3.05, 3.63) is 41.9 Å². The maximum atomic E-state index is 12.3. The van der Waals surface area contributed by atoms with E-state index in [0.29, 0.717) is 18.0 Å². The van der Waals surface area contributed by atoms with Gasteiger partial charge < -0.3 is 10.6 Å². The van der Waals surface area contributed by atoms with Gasteiger partial charge in [-0.3, -0.25) is 4.79 Å². The SMILES string of the molecule is Cc1ccc(-n2ncc3c(NC4CCC(NC(=O)C5CCC5)CC4)nc(C4CC4)nc32)cc1. The predicted octanol–water partition coefficient (Wildman–Crippen LogP) is 4.64. The molecule has 6 rings (SSSR count). The summed E-state index contributed by atoms with van der Waals surface area (Å²) in [6.45, 7) is 2.09. The van der Waals surface area contributed by atoms with Gasteiger partial charge in [-0.1, -0.05) is 24.1 Å². The standard InChI is InChI=1S/C26H32N6O/c1-16-5-13-21(14-6-16)32-25-22(15-27-32)24(30-23(31-25)17-7-8-17)28-19-9-11-20(12-10-19)29-26(33)18-3-2-4-18/h5-6,13-15,17-20H,2-4,7-12H2,1H3,(H,29,33)(H,28,30,31). The van der Waals surface area contributed by atoms with E-state index >= 15 is 0 Å². The van der Waals surface area contributed by atoms with Crippen LogP contribution >= 0.6 is 0 Å². The van der Waals surface area contributed by atoms with E-state index in [2.05, 4.69) is 46.9 Å². The minimum Gasteiger partial charge on any atom is -0.367 e. The number of fused-ring (bicyclic) bond motifs is 1. The number of carbonyl (C=O) groups excluding carboxylic acids is 1. The third-order valence-electron chi connectivity index (χ3n) is 7.56. The van der Waals surface area contributed by atoms with Crippen molar-refractivity contribution < 1.29 is 4.79 Å². The third kappa shape index (κ3) is 4.21. The molecule has 3 saturated carbocycles. The van der Waals surface area contributed by atoms with E-state index in [1.54, 1.807) is 0 Å². The van der Waals surface area contributed by atoms with Gasteiger partial charge in [0, 0.05) is 23.9 Å². The second-order valence-electron chi connectivity index (χ2n) is 10.2. The Morgan fingerprint density at radius 2 is 1.67 bits per heavy atom. The Labute approximate surface area is 194 Å². The molecule has 0 atom stereocenters. The van der Waals surface area contributed by atoms with Crippen molar-refractivity contribution >= 4 is 22.8 Å². The van der Waals surface area contributed by atoms with E-state index in [1.165, 1.54) is 12.0 Å². The third-order valence-corrected chi connectivity index (χ3v) is 7.56. The average Bonchev–Trinajstić information content (AvgIpc) is 3.54. The Hall–Kier alpha value is -2.96. The monoisotopic (exact) mass is 444 g/mol. The van der Waals surface area contributed by atoms with Gasteiger partial charge in [0.1, 0.15) is 11.6 Å². The molecule has 0 radical (unpaired) electrons. The highest BCUT2D eigenvalue weighted by atomic mass is 16.2. The number of aromatic nitrogens is 4. The summed E-state index contributed by atoms with van der Waals surface area (Å²) in [5, 5.41) is 12.7. The molecule has 0 saturated heterocycles. The van der Waals surface area contributed by atoms with Crippen molar-refractivity contribution in [1.29, 1.82) is 0 Å². The first kappa shape index (κ1) is 20.6. The zero-order valence-corrected chi connectivity index (χ0v) is 19.3. The minimum absolute atomic E-state index is 0.265. The number of rotatable bonds is 6. The van der Waals surface area contributed by atoms with Crippen LogP contribution in [0.3, 0.4) is 0 Å². The van der Waals surface area contributed by atoms with Crippen LogP contribution in [0.2, 0.25) is 0 Å². The maximum absolute atomic E-state index is 12.3. The molecule has 3 aliphatic rings. The van der Waals surface area contributed by atoms with E-state index in [0.717, 1.165) is 79.7 Å². The van der Waals surface area contributed by atoms with Crippen LogP contribution in [0.5, 0.6) is 0 Å². The highest BCUT2D eigenvalue weighted by Crippen LogP contribution is 2.40. The van der Waals surface area contributed by atoms with Gasteiger partial charge in [-0.05, 0) is 70.4 Å². The number of hydrogen-bond acceptors (Lipinski definition) is 5. The fourth-order valence-corrected chi connectivity index (χ4v) is 5.00. The smallest absolute Gasteiger partial charge is 0.223 e. The maximum Gasteiger partial charge on any atom is 0.223 e. The number of carbonyl (C=O) groups is 1. The molecule has 7 nitrogen and oxygen atoms in total. The lowest BCUT2D eigenvalue weighted by atomic mass is 9.84. The normalized spacial score (nSPS) is 23.3. The molecule has 0 spiro atoms. The fraction of sp³-hybridized carbons (Fsp3) is 0.538. The highest BCUT2D eigenvalue weighted by Gasteiger charge is 2.31. The Morgan fingerprint density at radius 1 is 0.939 bits per heavy atom. The van der Waals surface area contributed by atoms with E-state index in [4.69, 9.17) is 9.97 Å². The first-order valence-corrected chi connectivity index (χ1v) is 12.5. The molecular formula is C26H32N6O. The molecule has 33 heavy (non-hydrogen) atoms. The average molecular weight is 445 g/mol. The van der Waals surface area contributed by atoms with Crippen molar-refractivity contribution in [2.45, 2.75) is 82.7 Å². The summed E-state index contributed by atoms with van der Waals surface area (Å²) in [6.07, 6.45) is 11.6. The van der Waals surface area contributed by atoms with Gasteiger partial charge in [0.15, 0.2) is 5.65 Å². The molecule has 2 aromatic heterocycles. The van der Waals surface area contributed by atoms with E-state index in [1.807, 2.05) is 10.9 Å². The van der Waals surface area contributed by atoms with Gasteiger partial charge in [0.25, 0.3) is 0 Å². The predicted molar refractivity (Wildman–Crippen MR) is 129 cm³/mol. The number of nitrogens with zero attached hydrogens (tertiary/aromatic N) is 4. The lowest BCUT2D eigenvalue weighted by Crippen LogP contribution is -2.44. The number of nitrogens with one attached hydrogen (secondary N) is 2. The van der Waals surface area contributed by atoms with Gasteiger partial charge in [-0.2, -0.15) is 5.10 Å². The molecule has 3 fully saturated rings. The van der Waals surface area contributed by atoms with Crippen LogP contribution in [-0.2, 0) is 4.79 Å². The summed E-state index contributed by atoms with van der Waals surface area (Å²) in [6, 6.07) is 9.06. The molecule has 0 aliphatic heterocycles. The number of hydrogen-bond donors (Lipinski definition) is 2. The van der Waals surface area contributed by atoms with Crippen LogP contribution in [0.1, 0.15) is 75.1 Å². The Morgan fingerprint density at radius 3 is 2.33 bits per heavy atom. The molecule has 3 aliphatic carbocycles. The molecule has 7 heteroatoms. The minimum atomic E-state index is 0.265. The quantitative estimate of drug-likeness (QED) is 0.579. The van der Waals surface area contributed by atoms with Crippen LogP contribution in [-0.4, -0.2) is 37.7 Å². The van der Waals surface area contributed by atoms with Crippen molar-refractivity contribution in [1.82, 2.24) is 25.1 Å². The van der Waals surface area contributed by atoms with E-state index in [9.17, 15) is 4.79 Å². The molecule has 0 unspecified atom stereocenters. The van der Waals surface area contributed by atoms with Crippen molar-refractivity contribution in [2.75, 3.05) is 5.32 Å². The van der Waals surface area contributed by atoms with E-state index in [-0.39, 0.29) is 11.8 Å². The zero-order chi connectivity index (χ0) is 22.4. The largest absolute Gasteiger partial charge is 0.367 e. The Balaban J connectivity index is 1.20. The number of anilines is 1. The molecule has 2 N–H and O–H groups in total. The van der Waals surface area contributed by atoms with Gasteiger partial charge >= 0.3 is 0 Å². The summed E-state index contributed by atoms with van der Waals surface area (Å²) >= 11 is 0. The van der Waals surface area contributed by atoms with Gasteiger partial charge in [-0.25, -0.2) is 14.6 Å². The summed E-state index contributed by atoms with van der Waals surface area (Å²) in [5.74, 6) is 2.84. The van der Waals surface area contributed by atoms with Crippen molar-refractivity contribution in [3.63, 3.8) is 0 Å². The van der Waals surface area contributed by atoms with Crippen LogP contribution in [0.4, 0.5) is 5.82 Å². The van der Waals surface area contributed by atoms with E-state index < -0.39 is 0 Å². The summed E-state index contributed by atoms with van der Waals surface area (Å²) in [4.78, 5) is 22.2. The molecule has 172 valence electrons. The molecule has 2 heterocycles. The van der Waals surface area contributed by atoms with Gasteiger partial charge in [0.05, 0.1) is 17.3 Å². The van der Waals surface area contributed by atoms with Crippen molar-refractivity contribution in [3.8, 4) is 5.69 Å².